The summed E-state index contributed by atoms with van der Waals surface area (Å²) in [6.45, 7) is 7.05. The Balaban J connectivity index is 1.32. The Bertz CT molecular complexity index is 675. The van der Waals surface area contributed by atoms with Gasteiger partial charge in [0.05, 0.1) is 11.9 Å². The van der Waals surface area contributed by atoms with Crippen molar-refractivity contribution in [3.05, 3.63) is 47.2 Å². The number of aromatic nitrogens is 2. The number of piperidine rings is 1. The lowest BCUT2D eigenvalue weighted by molar-refractivity contribution is -0.00620. The summed E-state index contributed by atoms with van der Waals surface area (Å²) in [5.41, 5.74) is 2.32. The first-order valence-electron chi connectivity index (χ1n) is 8.96. The molecule has 2 aliphatic rings. The molecule has 2 aromatic rings. The Kier molecular flexibility index (Phi) is 4.61. The zero-order chi connectivity index (χ0) is 16.5. The Morgan fingerprint density at radius 1 is 1.17 bits per heavy atom. The van der Waals surface area contributed by atoms with Crippen LogP contribution in [0.3, 0.4) is 0 Å². The molecule has 4 nitrogen and oxygen atoms in total. The molecular formula is C19H25ClN4. The maximum Gasteiger partial charge on any atom is 0.0646 e. The number of rotatable bonds is 4. The molecule has 3 heterocycles. The van der Waals surface area contributed by atoms with Crippen molar-refractivity contribution in [2.75, 3.05) is 19.6 Å². The Hall–Kier alpha value is -1.36. The lowest BCUT2D eigenvalue weighted by Crippen LogP contribution is -2.61. The van der Waals surface area contributed by atoms with Gasteiger partial charge in [-0.25, -0.2) is 4.68 Å². The summed E-state index contributed by atoms with van der Waals surface area (Å²) in [6, 6.07) is 9.31. The molecule has 4 rings (SSSR count). The number of hydrogen-bond donors (Lipinski definition) is 0. The molecule has 1 aromatic carbocycles. The summed E-state index contributed by atoms with van der Waals surface area (Å²) in [7, 11) is 0. The largest absolute Gasteiger partial charge is 0.296 e. The standard InChI is InChI=1S/C19H25ClN4/c1-15-4-2-3-9-23(15)19-13-22(14-19)11-16-10-21-24(12-16)18-7-5-17(20)6-8-18/h5-8,10,12,15,19H,2-4,9,11,13-14H2,1H3. The van der Waals surface area contributed by atoms with Crippen molar-refractivity contribution in [2.45, 2.75) is 44.8 Å². The fourth-order valence-corrected chi connectivity index (χ4v) is 4.11. The molecule has 24 heavy (non-hydrogen) atoms. The summed E-state index contributed by atoms with van der Waals surface area (Å²) in [5.74, 6) is 0. The lowest BCUT2D eigenvalue weighted by Gasteiger charge is -2.49. The zero-order valence-electron chi connectivity index (χ0n) is 14.2. The van der Waals surface area contributed by atoms with Crippen LogP contribution in [-0.4, -0.2) is 51.3 Å². The SMILES string of the molecule is CC1CCCCN1C1CN(Cc2cnn(-c3ccc(Cl)cc3)c2)C1. The number of likely N-dealkylation sites (tertiary alicyclic amines) is 2. The van der Waals surface area contributed by atoms with Crippen molar-refractivity contribution < 1.29 is 0 Å². The second kappa shape index (κ2) is 6.87. The quantitative estimate of drug-likeness (QED) is 0.847. The third-order valence-corrected chi connectivity index (χ3v) is 5.65. The van der Waals surface area contributed by atoms with E-state index in [9.17, 15) is 0 Å². The first-order chi connectivity index (χ1) is 11.7. The maximum absolute atomic E-state index is 5.95. The van der Waals surface area contributed by atoms with E-state index < -0.39 is 0 Å². The fourth-order valence-electron chi connectivity index (χ4n) is 3.98. The average molecular weight is 345 g/mol. The lowest BCUT2D eigenvalue weighted by atomic mass is 9.97. The second-order valence-corrected chi connectivity index (χ2v) is 7.64. The highest BCUT2D eigenvalue weighted by atomic mass is 35.5. The molecule has 2 saturated heterocycles. The van der Waals surface area contributed by atoms with E-state index in [2.05, 4.69) is 28.0 Å². The van der Waals surface area contributed by atoms with Crippen LogP contribution in [0.5, 0.6) is 0 Å². The van der Waals surface area contributed by atoms with Crippen LogP contribution < -0.4 is 0 Å². The van der Waals surface area contributed by atoms with Crippen molar-refractivity contribution in [3.63, 3.8) is 0 Å². The number of nitrogens with zero attached hydrogens (tertiary/aromatic N) is 4. The highest BCUT2D eigenvalue weighted by molar-refractivity contribution is 6.30. The van der Waals surface area contributed by atoms with Crippen LogP contribution >= 0.6 is 11.6 Å². The summed E-state index contributed by atoms with van der Waals surface area (Å²) >= 11 is 5.95. The van der Waals surface area contributed by atoms with Gasteiger partial charge in [0.15, 0.2) is 0 Å². The molecular weight excluding hydrogens is 320 g/mol. The van der Waals surface area contributed by atoms with Gasteiger partial charge in [-0.1, -0.05) is 18.0 Å². The van der Waals surface area contributed by atoms with Gasteiger partial charge in [0.2, 0.25) is 0 Å². The molecule has 1 atom stereocenters. The van der Waals surface area contributed by atoms with Gasteiger partial charge in [0, 0.05) is 48.5 Å². The van der Waals surface area contributed by atoms with Gasteiger partial charge in [-0.2, -0.15) is 5.10 Å². The monoisotopic (exact) mass is 344 g/mol. The molecule has 0 bridgehead atoms. The topological polar surface area (TPSA) is 24.3 Å². The normalized spacial score (nSPS) is 23.3. The van der Waals surface area contributed by atoms with Crippen LogP contribution in [-0.2, 0) is 6.54 Å². The summed E-state index contributed by atoms with van der Waals surface area (Å²) in [4.78, 5) is 5.24. The molecule has 0 N–H and O–H groups in total. The zero-order valence-corrected chi connectivity index (χ0v) is 15.0. The molecule has 0 spiro atoms. The van der Waals surface area contributed by atoms with Gasteiger partial charge in [0.1, 0.15) is 0 Å². The predicted octanol–water partition coefficient (Wildman–Crippen LogP) is 3.58. The highest BCUT2D eigenvalue weighted by Crippen LogP contribution is 2.25. The van der Waals surface area contributed by atoms with Gasteiger partial charge in [0.25, 0.3) is 0 Å². The van der Waals surface area contributed by atoms with Crippen molar-refractivity contribution in [3.8, 4) is 5.69 Å². The Morgan fingerprint density at radius 2 is 1.96 bits per heavy atom. The van der Waals surface area contributed by atoms with E-state index in [4.69, 9.17) is 11.6 Å². The van der Waals surface area contributed by atoms with Crippen LogP contribution in [0.1, 0.15) is 31.7 Å². The van der Waals surface area contributed by atoms with Crippen LogP contribution in [0.25, 0.3) is 5.69 Å². The van der Waals surface area contributed by atoms with E-state index >= 15 is 0 Å². The minimum atomic E-state index is 0.754. The van der Waals surface area contributed by atoms with E-state index in [1.807, 2.05) is 35.1 Å². The molecule has 5 heteroatoms. The van der Waals surface area contributed by atoms with Crippen molar-refractivity contribution in [2.24, 2.45) is 0 Å². The molecule has 0 saturated carbocycles. The Labute approximate surface area is 149 Å². The van der Waals surface area contributed by atoms with Gasteiger partial charge in [-0.3, -0.25) is 9.80 Å². The Morgan fingerprint density at radius 3 is 2.71 bits per heavy atom. The average Bonchev–Trinajstić information content (AvgIpc) is 3.01. The predicted molar refractivity (Wildman–Crippen MR) is 97.7 cm³/mol. The minimum absolute atomic E-state index is 0.754. The van der Waals surface area contributed by atoms with Gasteiger partial charge < -0.3 is 0 Å². The van der Waals surface area contributed by atoms with Crippen molar-refractivity contribution in [1.82, 2.24) is 19.6 Å². The van der Waals surface area contributed by atoms with E-state index in [-0.39, 0.29) is 0 Å². The molecule has 0 amide bonds. The number of hydrogen-bond acceptors (Lipinski definition) is 3. The van der Waals surface area contributed by atoms with Gasteiger partial charge in [-0.05, 0) is 50.6 Å². The smallest absolute Gasteiger partial charge is 0.0646 e. The van der Waals surface area contributed by atoms with Crippen molar-refractivity contribution in [1.29, 1.82) is 0 Å². The van der Waals surface area contributed by atoms with Crippen LogP contribution in [0.2, 0.25) is 5.02 Å². The molecule has 0 aliphatic carbocycles. The second-order valence-electron chi connectivity index (χ2n) is 7.20. The molecule has 2 fully saturated rings. The first-order valence-corrected chi connectivity index (χ1v) is 9.34. The van der Waals surface area contributed by atoms with Crippen LogP contribution in [0, 0.1) is 0 Å². The van der Waals surface area contributed by atoms with E-state index in [0.29, 0.717) is 0 Å². The van der Waals surface area contributed by atoms with E-state index in [1.165, 1.54) is 44.5 Å². The minimum Gasteiger partial charge on any atom is -0.296 e. The third-order valence-electron chi connectivity index (χ3n) is 5.39. The molecule has 128 valence electrons. The third kappa shape index (κ3) is 3.37. The first kappa shape index (κ1) is 16.1. The molecule has 1 aromatic heterocycles. The van der Waals surface area contributed by atoms with E-state index in [0.717, 1.165) is 29.3 Å². The van der Waals surface area contributed by atoms with Crippen molar-refractivity contribution >= 4 is 11.6 Å². The summed E-state index contributed by atoms with van der Waals surface area (Å²) in [6.07, 6.45) is 8.24. The molecule has 2 aliphatic heterocycles. The summed E-state index contributed by atoms with van der Waals surface area (Å²) < 4.78 is 1.93. The molecule has 0 radical (unpaired) electrons. The summed E-state index contributed by atoms with van der Waals surface area (Å²) in [5, 5.41) is 5.24. The van der Waals surface area contributed by atoms with Crippen LogP contribution in [0.15, 0.2) is 36.7 Å². The number of halogens is 1. The van der Waals surface area contributed by atoms with Gasteiger partial charge >= 0.3 is 0 Å². The maximum atomic E-state index is 5.95. The fraction of sp³-hybridized carbons (Fsp3) is 0.526. The van der Waals surface area contributed by atoms with Crippen LogP contribution in [0.4, 0.5) is 0 Å². The number of benzene rings is 1. The van der Waals surface area contributed by atoms with E-state index in [1.54, 1.807) is 0 Å². The molecule has 1 unspecified atom stereocenters. The highest BCUT2D eigenvalue weighted by Gasteiger charge is 2.34. The van der Waals surface area contributed by atoms with Gasteiger partial charge in [-0.15, -0.1) is 0 Å².